The molecule has 33 heavy (non-hydrogen) atoms. The van der Waals surface area contributed by atoms with E-state index in [2.05, 4.69) is 5.32 Å². The van der Waals surface area contributed by atoms with Gasteiger partial charge in [-0.05, 0) is 49.1 Å². The van der Waals surface area contributed by atoms with E-state index in [4.69, 9.17) is 23.2 Å². The standard InChI is InChI=1S/C21H23Cl2N3O6S/c1-13(27)24-18-5-3-16(28)11-20(18)33(31,32)26(19-10-15(22)2-4-17(19)23)12-14-6-8-25(9-7-14)21(29)30/h2-5,10-11,14,28H,6-9,12H2,1H3,(H,24,27)(H,29,30). The third-order valence-electron chi connectivity index (χ3n) is 5.33. The van der Waals surface area contributed by atoms with Crippen LogP contribution in [0.5, 0.6) is 5.75 Å². The van der Waals surface area contributed by atoms with Crippen molar-refractivity contribution in [3.8, 4) is 5.75 Å². The lowest BCUT2D eigenvalue weighted by molar-refractivity contribution is -0.114. The average Bonchev–Trinajstić information content (AvgIpc) is 2.75. The summed E-state index contributed by atoms with van der Waals surface area (Å²) in [6.45, 7) is 1.80. The molecule has 178 valence electrons. The number of hydrogen-bond acceptors (Lipinski definition) is 5. The summed E-state index contributed by atoms with van der Waals surface area (Å²) in [7, 11) is -4.34. The van der Waals surface area contributed by atoms with E-state index in [9.17, 15) is 28.2 Å². The van der Waals surface area contributed by atoms with E-state index in [0.717, 1.165) is 10.4 Å². The Morgan fingerprint density at radius 3 is 2.42 bits per heavy atom. The Kier molecular flexibility index (Phi) is 7.61. The molecule has 3 N–H and O–H groups in total. The first-order chi connectivity index (χ1) is 15.5. The molecule has 0 bridgehead atoms. The first kappa shape index (κ1) is 24.9. The second kappa shape index (κ2) is 10.1. The summed E-state index contributed by atoms with van der Waals surface area (Å²) < 4.78 is 28.8. The maximum atomic E-state index is 13.9. The van der Waals surface area contributed by atoms with Crippen LogP contribution in [0.15, 0.2) is 41.3 Å². The normalized spacial score (nSPS) is 14.7. The first-order valence-electron chi connectivity index (χ1n) is 10.1. The van der Waals surface area contributed by atoms with Crippen LogP contribution in [0, 0.1) is 5.92 Å². The van der Waals surface area contributed by atoms with E-state index in [1.165, 1.54) is 42.2 Å². The summed E-state index contributed by atoms with van der Waals surface area (Å²) in [5.74, 6) is -0.938. The third-order valence-corrected chi connectivity index (χ3v) is 7.70. The Balaban J connectivity index is 2.06. The molecular formula is C21H23Cl2N3O6S. The number of sulfonamides is 1. The van der Waals surface area contributed by atoms with Crippen molar-refractivity contribution in [3.05, 3.63) is 46.4 Å². The van der Waals surface area contributed by atoms with Gasteiger partial charge in [-0.1, -0.05) is 23.2 Å². The van der Waals surface area contributed by atoms with Gasteiger partial charge in [0.05, 0.1) is 16.4 Å². The summed E-state index contributed by atoms with van der Waals surface area (Å²) in [4.78, 5) is 23.8. The molecule has 1 heterocycles. The van der Waals surface area contributed by atoms with E-state index in [-0.39, 0.29) is 57.6 Å². The Hall–Kier alpha value is -2.69. The molecule has 0 saturated carbocycles. The van der Waals surface area contributed by atoms with Crippen LogP contribution < -0.4 is 9.62 Å². The van der Waals surface area contributed by atoms with Gasteiger partial charge in [0.15, 0.2) is 0 Å². The number of halogens is 2. The van der Waals surface area contributed by atoms with Gasteiger partial charge in [0.2, 0.25) is 5.91 Å². The van der Waals surface area contributed by atoms with Crippen molar-refractivity contribution in [2.75, 3.05) is 29.3 Å². The molecular weight excluding hydrogens is 493 g/mol. The highest BCUT2D eigenvalue weighted by atomic mass is 35.5. The largest absolute Gasteiger partial charge is 0.508 e. The number of carbonyl (C=O) groups excluding carboxylic acids is 1. The van der Waals surface area contributed by atoms with Gasteiger partial charge < -0.3 is 20.4 Å². The molecule has 1 aliphatic rings. The first-order valence-corrected chi connectivity index (χ1v) is 12.2. The van der Waals surface area contributed by atoms with Crippen LogP contribution in [0.25, 0.3) is 0 Å². The summed E-state index contributed by atoms with van der Waals surface area (Å²) >= 11 is 12.5. The van der Waals surface area contributed by atoms with Crippen molar-refractivity contribution in [1.29, 1.82) is 0 Å². The van der Waals surface area contributed by atoms with Gasteiger partial charge in [-0.3, -0.25) is 9.10 Å². The molecule has 1 saturated heterocycles. The van der Waals surface area contributed by atoms with E-state index < -0.39 is 22.0 Å². The number of likely N-dealkylation sites (tertiary alicyclic amines) is 1. The Bertz CT molecular complexity index is 1170. The van der Waals surface area contributed by atoms with E-state index in [1.807, 2.05) is 0 Å². The van der Waals surface area contributed by atoms with Gasteiger partial charge in [-0.2, -0.15) is 0 Å². The minimum Gasteiger partial charge on any atom is -0.508 e. The third kappa shape index (κ3) is 5.82. The van der Waals surface area contributed by atoms with Crippen molar-refractivity contribution in [2.24, 2.45) is 5.92 Å². The van der Waals surface area contributed by atoms with Crippen LogP contribution in [0.2, 0.25) is 10.0 Å². The summed E-state index contributed by atoms with van der Waals surface area (Å²) in [5, 5.41) is 22.1. The highest BCUT2D eigenvalue weighted by molar-refractivity contribution is 7.93. The van der Waals surface area contributed by atoms with Gasteiger partial charge in [0.1, 0.15) is 10.6 Å². The smallest absolute Gasteiger partial charge is 0.407 e. The lowest BCUT2D eigenvalue weighted by atomic mass is 9.97. The fraction of sp³-hybridized carbons (Fsp3) is 0.333. The quantitative estimate of drug-likeness (QED) is 0.493. The zero-order chi connectivity index (χ0) is 24.3. The molecule has 1 fully saturated rings. The summed E-state index contributed by atoms with van der Waals surface area (Å²) in [6.07, 6.45) is -0.111. The molecule has 0 aliphatic carbocycles. The van der Waals surface area contributed by atoms with Gasteiger partial charge in [-0.15, -0.1) is 0 Å². The number of piperidine rings is 1. The molecule has 0 unspecified atom stereocenters. The van der Waals surface area contributed by atoms with Crippen LogP contribution in [0.4, 0.5) is 16.2 Å². The van der Waals surface area contributed by atoms with Gasteiger partial charge in [-0.25, -0.2) is 13.2 Å². The number of phenols is 1. The van der Waals surface area contributed by atoms with E-state index in [1.54, 1.807) is 0 Å². The van der Waals surface area contributed by atoms with Crippen molar-refractivity contribution >= 4 is 56.6 Å². The minimum absolute atomic E-state index is 0.00384. The highest BCUT2D eigenvalue weighted by Gasteiger charge is 2.33. The SMILES string of the molecule is CC(=O)Nc1ccc(O)cc1S(=O)(=O)N(CC1CCN(C(=O)O)CC1)c1cc(Cl)ccc1Cl. The zero-order valence-corrected chi connectivity index (χ0v) is 20.0. The number of carboxylic acid groups (broad SMARTS) is 1. The van der Waals surface area contributed by atoms with Crippen LogP contribution in [0.3, 0.4) is 0 Å². The fourth-order valence-corrected chi connectivity index (χ4v) is 5.84. The Labute approximate surface area is 201 Å². The number of anilines is 2. The molecule has 1 aliphatic heterocycles. The highest BCUT2D eigenvalue weighted by Crippen LogP contribution is 2.37. The summed E-state index contributed by atoms with van der Waals surface area (Å²) in [6, 6.07) is 8.05. The second-order valence-electron chi connectivity index (χ2n) is 7.71. The predicted molar refractivity (Wildman–Crippen MR) is 126 cm³/mol. The maximum absolute atomic E-state index is 13.9. The van der Waals surface area contributed by atoms with Crippen LogP contribution in [-0.2, 0) is 14.8 Å². The number of rotatable bonds is 6. The number of nitrogens with one attached hydrogen (secondary N) is 1. The summed E-state index contributed by atoms with van der Waals surface area (Å²) in [5.41, 5.74) is 0.145. The van der Waals surface area contributed by atoms with Crippen molar-refractivity contribution in [2.45, 2.75) is 24.7 Å². The second-order valence-corrected chi connectivity index (χ2v) is 10.4. The molecule has 3 rings (SSSR count). The number of carbonyl (C=O) groups is 2. The van der Waals surface area contributed by atoms with Crippen molar-refractivity contribution < 1.29 is 28.2 Å². The molecule has 0 radical (unpaired) electrons. The number of hydrogen-bond donors (Lipinski definition) is 3. The molecule has 9 nitrogen and oxygen atoms in total. The predicted octanol–water partition coefficient (Wildman–Crippen LogP) is 4.24. The zero-order valence-electron chi connectivity index (χ0n) is 17.7. The van der Waals surface area contributed by atoms with Crippen molar-refractivity contribution in [1.82, 2.24) is 4.90 Å². The lowest BCUT2D eigenvalue weighted by Crippen LogP contribution is -2.42. The molecule has 2 aromatic rings. The van der Waals surface area contributed by atoms with Gasteiger partial charge in [0, 0.05) is 37.6 Å². The minimum atomic E-state index is -4.34. The average molecular weight is 516 g/mol. The Morgan fingerprint density at radius 1 is 1.15 bits per heavy atom. The molecule has 0 atom stereocenters. The number of amides is 2. The molecule has 2 amide bonds. The monoisotopic (exact) mass is 515 g/mol. The maximum Gasteiger partial charge on any atom is 0.407 e. The van der Waals surface area contributed by atoms with Crippen LogP contribution >= 0.6 is 23.2 Å². The van der Waals surface area contributed by atoms with E-state index in [0.29, 0.717) is 12.8 Å². The number of nitrogens with zero attached hydrogens (tertiary/aromatic N) is 2. The number of phenolic OH excluding ortho intramolecular Hbond substituents is 1. The van der Waals surface area contributed by atoms with Crippen LogP contribution in [-0.4, -0.2) is 55.2 Å². The fourth-order valence-electron chi connectivity index (χ4n) is 3.68. The molecule has 0 aromatic heterocycles. The van der Waals surface area contributed by atoms with Crippen LogP contribution in [0.1, 0.15) is 19.8 Å². The van der Waals surface area contributed by atoms with Gasteiger partial charge in [0.25, 0.3) is 10.0 Å². The molecule has 0 spiro atoms. The van der Waals surface area contributed by atoms with Gasteiger partial charge >= 0.3 is 6.09 Å². The van der Waals surface area contributed by atoms with E-state index >= 15 is 0 Å². The topological polar surface area (TPSA) is 127 Å². The lowest BCUT2D eigenvalue weighted by Gasteiger charge is -2.34. The number of benzene rings is 2. The van der Waals surface area contributed by atoms with Crippen molar-refractivity contribution in [3.63, 3.8) is 0 Å². The molecule has 12 heteroatoms. The Morgan fingerprint density at radius 2 is 1.82 bits per heavy atom. The number of aromatic hydroxyl groups is 1. The molecule has 2 aromatic carbocycles.